The van der Waals surface area contributed by atoms with Crippen LogP contribution in [0.1, 0.15) is 30.1 Å². The largest absolute Gasteiger partial charge is 0.339 e. The summed E-state index contributed by atoms with van der Waals surface area (Å²) < 4.78 is 1.02. The predicted molar refractivity (Wildman–Crippen MR) is 83.1 cm³/mol. The fraction of sp³-hybridized carbons (Fsp3) is 0.500. The van der Waals surface area contributed by atoms with Crippen molar-refractivity contribution in [1.29, 1.82) is 0 Å². The Hall–Kier alpha value is -0.290. The van der Waals surface area contributed by atoms with Crippen molar-refractivity contribution in [1.82, 2.24) is 4.90 Å². The van der Waals surface area contributed by atoms with Gasteiger partial charge in [0.25, 0.3) is 5.91 Å². The van der Waals surface area contributed by atoms with E-state index in [1.165, 1.54) is 0 Å². The number of alkyl halides is 1. The van der Waals surface area contributed by atoms with E-state index in [0.29, 0.717) is 5.92 Å². The Morgan fingerprint density at radius 3 is 2.56 bits per heavy atom. The monoisotopic (exact) mass is 377 g/mol. The van der Waals surface area contributed by atoms with E-state index in [0.717, 1.165) is 35.1 Å². The van der Waals surface area contributed by atoms with Crippen LogP contribution < -0.4 is 0 Å². The molecule has 0 bridgehead atoms. The molecule has 1 saturated heterocycles. The van der Waals surface area contributed by atoms with Crippen LogP contribution in [-0.2, 0) is 0 Å². The predicted octanol–water partition coefficient (Wildman–Crippen LogP) is 3.77. The highest BCUT2D eigenvalue weighted by atomic mass is 127. The van der Waals surface area contributed by atoms with Gasteiger partial charge < -0.3 is 4.90 Å². The van der Waals surface area contributed by atoms with Gasteiger partial charge in [-0.15, -0.1) is 11.6 Å². The third kappa shape index (κ3) is 3.18. The molecule has 0 aromatic heterocycles. The summed E-state index contributed by atoms with van der Waals surface area (Å²) in [6.45, 7) is 3.70. The average molecular weight is 378 g/mol. The topological polar surface area (TPSA) is 20.3 Å². The van der Waals surface area contributed by atoms with Gasteiger partial charge in [-0.25, -0.2) is 0 Å². The molecule has 1 heterocycles. The van der Waals surface area contributed by atoms with Crippen molar-refractivity contribution in [2.24, 2.45) is 5.92 Å². The zero-order valence-corrected chi connectivity index (χ0v) is 13.3. The first-order valence-corrected chi connectivity index (χ1v) is 7.79. The summed E-state index contributed by atoms with van der Waals surface area (Å²) in [5, 5.41) is 0.208. The maximum Gasteiger partial charge on any atom is 0.254 e. The van der Waals surface area contributed by atoms with Gasteiger partial charge in [-0.05, 0) is 60.4 Å². The molecule has 98 valence electrons. The molecule has 1 unspecified atom stereocenters. The Morgan fingerprint density at radius 1 is 1.39 bits per heavy atom. The number of benzene rings is 1. The van der Waals surface area contributed by atoms with E-state index < -0.39 is 0 Å². The van der Waals surface area contributed by atoms with Crippen molar-refractivity contribution < 1.29 is 4.79 Å². The van der Waals surface area contributed by atoms with Gasteiger partial charge in [0, 0.05) is 22.0 Å². The van der Waals surface area contributed by atoms with Gasteiger partial charge in [-0.1, -0.05) is 12.1 Å². The van der Waals surface area contributed by atoms with Crippen molar-refractivity contribution in [2.75, 3.05) is 13.1 Å². The van der Waals surface area contributed by atoms with Crippen molar-refractivity contribution in [3.8, 4) is 0 Å². The molecule has 0 aliphatic carbocycles. The first-order chi connectivity index (χ1) is 8.59. The van der Waals surface area contributed by atoms with Crippen molar-refractivity contribution in [3.63, 3.8) is 0 Å². The van der Waals surface area contributed by atoms with Gasteiger partial charge in [0.2, 0.25) is 0 Å². The highest BCUT2D eigenvalue weighted by Gasteiger charge is 2.26. The summed E-state index contributed by atoms with van der Waals surface area (Å²) >= 11 is 8.34. The average Bonchev–Trinajstić information content (AvgIpc) is 2.38. The number of carbonyl (C=O) groups excluding carboxylic acids is 1. The highest BCUT2D eigenvalue weighted by Crippen LogP contribution is 2.25. The van der Waals surface area contributed by atoms with Crippen molar-refractivity contribution >= 4 is 40.1 Å². The number of likely N-dealkylation sites (tertiary alicyclic amines) is 1. The molecule has 1 aliphatic heterocycles. The Morgan fingerprint density at radius 2 is 2.00 bits per heavy atom. The molecule has 0 spiro atoms. The minimum Gasteiger partial charge on any atom is -0.339 e. The summed E-state index contributed by atoms with van der Waals surface area (Å²) in [6, 6.07) is 7.75. The molecular formula is C14H17ClINO. The summed E-state index contributed by atoms with van der Waals surface area (Å²) in [5.41, 5.74) is 0.815. The number of rotatable bonds is 2. The first kappa shape index (κ1) is 14.1. The Labute approximate surface area is 127 Å². The third-order valence-corrected chi connectivity index (χ3v) is 4.88. The summed E-state index contributed by atoms with van der Waals surface area (Å²) in [4.78, 5) is 14.3. The molecule has 1 fully saturated rings. The smallest absolute Gasteiger partial charge is 0.254 e. The second kappa shape index (κ2) is 6.24. The quantitative estimate of drug-likeness (QED) is 0.567. The zero-order valence-electron chi connectivity index (χ0n) is 10.4. The number of halogens is 2. The van der Waals surface area contributed by atoms with Crippen LogP contribution in [0.5, 0.6) is 0 Å². The van der Waals surface area contributed by atoms with Gasteiger partial charge in [-0.2, -0.15) is 0 Å². The van der Waals surface area contributed by atoms with E-state index in [1.54, 1.807) is 0 Å². The van der Waals surface area contributed by atoms with Gasteiger partial charge in [-0.3, -0.25) is 4.79 Å². The minimum absolute atomic E-state index is 0.153. The Bertz CT molecular complexity index is 428. The molecule has 0 radical (unpaired) electrons. The lowest BCUT2D eigenvalue weighted by molar-refractivity contribution is 0.0689. The van der Waals surface area contributed by atoms with Gasteiger partial charge in [0.05, 0.1) is 5.56 Å². The molecule has 0 saturated carbocycles. The summed E-state index contributed by atoms with van der Waals surface area (Å²) in [5.74, 6) is 0.700. The van der Waals surface area contributed by atoms with Crippen molar-refractivity contribution in [3.05, 3.63) is 33.4 Å². The minimum atomic E-state index is 0.153. The maximum absolute atomic E-state index is 12.4. The zero-order chi connectivity index (χ0) is 13.1. The highest BCUT2D eigenvalue weighted by molar-refractivity contribution is 14.1. The molecule has 1 aromatic rings. The maximum atomic E-state index is 12.4. The first-order valence-electron chi connectivity index (χ1n) is 6.27. The van der Waals surface area contributed by atoms with Crippen LogP contribution in [0.2, 0.25) is 0 Å². The van der Waals surface area contributed by atoms with Gasteiger partial charge in [0.1, 0.15) is 0 Å². The van der Waals surface area contributed by atoms with Crippen LogP contribution in [0.3, 0.4) is 0 Å². The van der Waals surface area contributed by atoms with E-state index in [9.17, 15) is 4.79 Å². The molecule has 4 heteroatoms. The van der Waals surface area contributed by atoms with E-state index in [2.05, 4.69) is 22.6 Å². The summed E-state index contributed by atoms with van der Waals surface area (Å²) in [7, 11) is 0. The molecule has 0 N–H and O–H groups in total. The van der Waals surface area contributed by atoms with Gasteiger partial charge in [0.15, 0.2) is 0 Å². The van der Waals surface area contributed by atoms with E-state index in [-0.39, 0.29) is 11.3 Å². The lowest BCUT2D eigenvalue weighted by Crippen LogP contribution is -2.40. The molecule has 1 atom stereocenters. The standard InChI is InChI=1S/C14H17ClINO/c1-10(15)11-6-8-17(9-7-11)14(18)12-4-2-3-5-13(12)16/h2-5,10-11H,6-9H2,1H3. The van der Waals surface area contributed by atoms with Crippen LogP contribution in [-0.4, -0.2) is 29.3 Å². The molecule has 18 heavy (non-hydrogen) atoms. The van der Waals surface area contributed by atoms with Crippen LogP contribution in [0, 0.1) is 9.49 Å². The molecule has 1 amide bonds. The SMILES string of the molecule is CC(Cl)C1CCN(C(=O)c2ccccc2I)CC1. The number of carbonyl (C=O) groups is 1. The number of nitrogens with zero attached hydrogens (tertiary/aromatic N) is 1. The van der Waals surface area contributed by atoms with Crippen LogP contribution >= 0.6 is 34.2 Å². The van der Waals surface area contributed by atoms with E-state index in [1.807, 2.05) is 36.1 Å². The molecule has 1 aliphatic rings. The van der Waals surface area contributed by atoms with Gasteiger partial charge >= 0.3 is 0 Å². The van der Waals surface area contributed by atoms with Crippen LogP contribution in [0.15, 0.2) is 24.3 Å². The van der Waals surface area contributed by atoms with Crippen LogP contribution in [0.4, 0.5) is 0 Å². The summed E-state index contributed by atoms with van der Waals surface area (Å²) in [6.07, 6.45) is 2.03. The van der Waals surface area contributed by atoms with Crippen LogP contribution in [0.25, 0.3) is 0 Å². The van der Waals surface area contributed by atoms with Crippen molar-refractivity contribution in [2.45, 2.75) is 25.1 Å². The normalized spacial score (nSPS) is 18.7. The lowest BCUT2D eigenvalue weighted by Gasteiger charge is -2.33. The third-order valence-electron chi connectivity index (χ3n) is 3.58. The molecule has 2 nitrogen and oxygen atoms in total. The molecule has 1 aromatic carbocycles. The number of hydrogen-bond acceptors (Lipinski definition) is 1. The number of piperidine rings is 1. The molecule has 2 rings (SSSR count). The Kier molecular flexibility index (Phi) is 4.90. The fourth-order valence-corrected chi connectivity index (χ4v) is 3.24. The second-order valence-corrected chi connectivity index (χ2v) is 6.64. The lowest BCUT2D eigenvalue weighted by atomic mass is 9.93. The number of hydrogen-bond donors (Lipinski definition) is 0. The Balaban J connectivity index is 2.02. The second-order valence-electron chi connectivity index (χ2n) is 4.79. The van der Waals surface area contributed by atoms with E-state index in [4.69, 9.17) is 11.6 Å². The molecular weight excluding hydrogens is 361 g/mol. The number of amides is 1. The fourth-order valence-electron chi connectivity index (χ4n) is 2.37. The van der Waals surface area contributed by atoms with E-state index >= 15 is 0 Å².